The Labute approximate surface area is 200 Å². The molecule has 1 amide bonds. The lowest BCUT2D eigenvalue weighted by atomic mass is 9.89. The van der Waals surface area contributed by atoms with Crippen LogP contribution < -0.4 is 20.5 Å². The van der Waals surface area contributed by atoms with Crippen LogP contribution in [0.1, 0.15) is 54.4 Å². The standard InChI is InChI=1S/C26H34F2N4O2/c1-31(2)12-6-11-29-26(33)21-15-23-19(16-30-32(23)17-18-7-4-3-5-8-18)13-25(21)34-24-10-9-20(27)14-22(24)28/h9-10,13-15,18,30H,3-8,11-12,16-17H2,1-2H3,(H,29,33). The fraction of sp³-hybridized carbons (Fsp3) is 0.500. The number of amides is 1. The number of ether oxygens (including phenoxy) is 1. The lowest BCUT2D eigenvalue weighted by Gasteiger charge is -2.28. The Balaban J connectivity index is 1.58. The minimum Gasteiger partial charge on any atom is -0.453 e. The van der Waals surface area contributed by atoms with Gasteiger partial charge in [-0.05, 0) is 75.6 Å². The normalized spacial score (nSPS) is 16.1. The van der Waals surface area contributed by atoms with Crippen LogP contribution in [0.5, 0.6) is 11.5 Å². The Morgan fingerprint density at radius 3 is 2.68 bits per heavy atom. The van der Waals surface area contributed by atoms with Crippen LogP contribution >= 0.6 is 0 Å². The third-order valence-electron chi connectivity index (χ3n) is 6.52. The summed E-state index contributed by atoms with van der Waals surface area (Å²) in [4.78, 5) is 15.2. The fourth-order valence-electron chi connectivity index (χ4n) is 4.69. The molecule has 1 aliphatic heterocycles. The summed E-state index contributed by atoms with van der Waals surface area (Å²) in [5.74, 6) is -0.998. The maximum atomic E-state index is 14.3. The van der Waals surface area contributed by atoms with E-state index in [1.807, 2.05) is 20.2 Å². The van der Waals surface area contributed by atoms with E-state index in [2.05, 4.69) is 20.7 Å². The van der Waals surface area contributed by atoms with Crippen LogP contribution in [0.2, 0.25) is 0 Å². The van der Waals surface area contributed by atoms with Crippen molar-refractivity contribution in [3.8, 4) is 11.5 Å². The molecule has 2 aliphatic rings. The number of hydrogen-bond acceptors (Lipinski definition) is 5. The summed E-state index contributed by atoms with van der Waals surface area (Å²) >= 11 is 0. The first-order valence-electron chi connectivity index (χ1n) is 12.1. The second-order valence-electron chi connectivity index (χ2n) is 9.52. The molecule has 1 heterocycles. The van der Waals surface area contributed by atoms with Crippen LogP contribution in [0.3, 0.4) is 0 Å². The number of hydrogen-bond donors (Lipinski definition) is 2. The molecule has 6 nitrogen and oxygen atoms in total. The highest BCUT2D eigenvalue weighted by molar-refractivity contribution is 5.98. The second kappa shape index (κ2) is 11.1. The van der Waals surface area contributed by atoms with E-state index in [9.17, 15) is 13.6 Å². The topological polar surface area (TPSA) is 56.8 Å². The number of rotatable bonds is 9. The van der Waals surface area contributed by atoms with Crippen molar-refractivity contribution in [2.75, 3.05) is 38.7 Å². The van der Waals surface area contributed by atoms with Crippen molar-refractivity contribution in [1.82, 2.24) is 15.6 Å². The Kier molecular flexibility index (Phi) is 8.00. The molecule has 1 saturated carbocycles. The van der Waals surface area contributed by atoms with Crippen LogP contribution in [-0.2, 0) is 6.54 Å². The third kappa shape index (κ3) is 6.04. The first kappa shape index (κ1) is 24.4. The summed E-state index contributed by atoms with van der Waals surface area (Å²) in [6, 6.07) is 6.78. The van der Waals surface area contributed by atoms with Crippen molar-refractivity contribution >= 4 is 11.6 Å². The minimum atomic E-state index is -0.810. The van der Waals surface area contributed by atoms with Gasteiger partial charge in [0.15, 0.2) is 11.6 Å². The smallest absolute Gasteiger partial charge is 0.255 e. The van der Waals surface area contributed by atoms with Gasteiger partial charge in [-0.1, -0.05) is 19.3 Å². The van der Waals surface area contributed by atoms with Gasteiger partial charge in [-0.2, -0.15) is 0 Å². The van der Waals surface area contributed by atoms with Crippen LogP contribution in [0, 0.1) is 17.6 Å². The zero-order valence-electron chi connectivity index (χ0n) is 20.0. The molecule has 0 spiro atoms. The zero-order valence-corrected chi connectivity index (χ0v) is 20.0. The van der Waals surface area contributed by atoms with Crippen molar-refractivity contribution in [3.63, 3.8) is 0 Å². The zero-order chi connectivity index (χ0) is 24.1. The van der Waals surface area contributed by atoms with Crippen LogP contribution in [0.25, 0.3) is 0 Å². The van der Waals surface area contributed by atoms with Crippen LogP contribution in [-0.4, -0.2) is 44.5 Å². The van der Waals surface area contributed by atoms with Crippen molar-refractivity contribution < 1.29 is 18.3 Å². The molecule has 1 aliphatic carbocycles. The molecule has 34 heavy (non-hydrogen) atoms. The molecule has 8 heteroatoms. The van der Waals surface area contributed by atoms with Crippen molar-refractivity contribution in [1.29, 1.82) is 0 Å². The quantitative estimate of drug-likeness (QED) is 0.512. The average Bonchev–Trinajstić information content (AvgIpc) is 3.20. The van der Waals surface area contributed by atoms with Gasteiger partial charge >= 0.3 is 0 Å². The molecule has 0 atom stereocenters. The number of halogens is 2. The molecule has 4 rings (SSSR count). The molecule has 0 saturated heterocycles. The number of fused-ring (bicyclic) bond motifs is 1. The minimum absolute atomic E-state index is 0.118. The van der Waals surface area contributed by atoms with Gasteiger partial charge in [0, 0.05) is 25.7 Å². The Morgan fingerprint density at radius 2 is 1.94 bits per heavy atom. The number of nitrogens with one attached hydrogen (secondary N) is 2. The Bertz CT molecular complexity index is 1010. The summed E-state index contributed by atoms with van der Waals surface area (Å²) in [7, 11) is 3.97. The molecule has 2 aromatic rings. The van der Waals surface area contributed by atoms with Gasteiger partial charge in [0.25, 0.3) is 5.91 Å². The highest BCUT2D eigenvalue weighted by Crippen LogP contribution is 2.37. The van der Waals surface area contributed by atoms with E-state index in [0.717, 1.165) is 42.9 Å². The van der Waals surface area contributed by atoms with Gasteiger partial charge < -0.3 is 20.0 Å². The molecule has 0 unspecified atom stereocenters. The maximum absolute atomic E-state index is 14.3. The molecule has 0 bridgehead atoms. The first-order chi connectivity index (χ1) is 16.4. The third-order valence-corrected chi connectivity index (χ3v) is 6.52. The monoisotopic (exact) mass is 472 g/mol. The summed E-state index contributed by atoms with van der Waals surface area (Å²) in [5.41, 5.74) is 5.70. The molecule has 184 valence electrons. The number of nitrogens with zero attached hydrogens (tertiary/aromatic N) is 2. The van der Waals surface area contributed by atoms with Crippen molar-refractivity contribution in [2.45, 2.75) is 45.1 Å². The molecule has 0 aromatic heterocycles. The van der Waals surface area contributed by atoms with E-state index in [-0.39, 0.29) is 17.4 Å². The van der Waals surface area contributed by atoms with Gasteiger partial charge in [0.05, 0.1) is 11.3 Å². The molecule has 0 radical (unpaired) electrons. The van der Waals surface area contributed by atoms with E-state index in [1.54, 1.807) is 6.07 Å². The van der Waals surface area contributed by atoms with Gasteiger partial charge in [0.1, 0.15) is 11.6 Å². The highest BCUT2D eigenvalue weighted by atomic mass is 19.1. The van der Waals surface area contributed by atoms with Crippen LogP contribution in [0.15, 0.2) is 30.3 Å². The number of carbonyl (C=O) groups is 1. The first-order valence-corrected chi connectivity index (χ1v) is 12.1. The molecule has 1 fully saturated rings. The lowest BCUT2D eigenvalue weighted by Crippen LogP contribution is -2.37. The summed E-state index contributed by atoms with van der Waals surface area (Å²) in [6.07, 6.45) is 7.08. The highest BCUT2D eigenvalue weighted by Gasteiger charge is 2.27. The summed E-state index contributed by atoms with van der Waals surface area (Å²) < 4.78 is 33.5. The molecular weight excluding hydrogens is 438 g/mol. The van der Waals surface area contributed by atoms with Gasteiger partial charge in [-0.3, -0.25) is 4.79 Å². The van der Waals surface area contributed by atoms with Gasteiger partial charge in [-0.15, -0.1) is 0 Å². The predicted molar refractivity (Wildman–Crippen MR) is 129 cm³/mol. The van der Waals surface area contributed by atoms with Crippen molar-refractivity contribution in [3.05, 3.63) is 53.1 Å². The SMILES string of the molecule is CN(C)CCCNC(=O)c1cc2c(cc1Oc1ccc(F)cc1F)CNN2CC1CCCCC1. The molecular formula is C26H34F2N4O2. The fourth-order valence-corrected chi connectivity index (χ4v) is 4.69. The second-order valence-corrected chi connectivity index (χ2v) is 9.52. The van der Waals surface area contributed by atoms with Crippen LogP contribution in [0.4, 0.5) is 14.5 Å². The Morgan fingerprint density at radius 1 is 1.15 bits per heavy atom. The van der Waals surface area contributed by atoms with E-state index in [0.29, 0.717) is 24.6 Å². The largest absolute Gasteiger partial charge is 0.453 e. The van der Waals surface area contributed by atoms with E-state index in [1.165, 1.54) is 38.2 Å². The summed E-state index contributed by atoms with van der Waals surface area (Å²) in [5, 5.41) is 5.09. The van der Waals surface area contributed by atoms with Crippen molar-refractivity contribution in [2.24, 2.45) is 5.92 Å². The predicted octanol–water partition coefficient (Wildman–Crippen LogP) is 4.84. The van der Waals surface area contributed by atoms with Gasteiger partial charge in [0.2, 0.25) is 0 Å². The van der Waals surface area contributed by atoms with E-state index in [4.69, 9.17) is 4.74 Å². The van der Waals surface area contributed by atoms with E-state index < -0.39 is 11.6 Å². The number of anilines is 1. The average molecular weight is 473 g/mol. The molecule has 2 aromatic carbocycles. The molecule has 2 N–H and O–H groups in total. The van der Waals surface area contributed by atoms with E-state index >= 15 is 0 Å². The Hall–Kier alpha value is -2.71. The maximum Gasteiger partial charge on any atom is 0.255 e. The lowest BCUT2D eigenvalue weighted by molar-refractivity contribution is 0.0950. The number of benzene rings is 2. The number of carbonyl (C=O) groups excluding carboxylic acids is 1. The van der Waals surface area contributed by atoms with Gasteiger partial charge in [-0.25, -0.2) is 14.2 Å². The number of hydrazine groups is 1. The summed E-state index contributed by atoms with van der Waals surface area (Å²) in [6.45, 7) is 2.87.